The van der Waals surface area contributed by atoms with Gasteiger partial charge in [-0.15, -0.1) is 0 Å². The van der Waals surface area contributed by atoms with Gasteiger partial charge < -0.3 is 0 Å². The number of thiophene rings is 1. The molecule has 0 fully saturated rings. The minimum atomic E-state index is 0.856. The molecule has 0 N–H and O–H groups in total. The summed E-state index contributed by atoms with van der Waals surface area (Å²) in [6, 6.07) is 2.11. The van der Waals surface area contributed by atoms with Crippen molar-refractivity contribution in [3.8, 4) is 0 Å². The van der Waals surface area contributed by atoms with E-state index >= 15 is 0 Å². The molecule has 4 heteroatoms. The van der Waals surface area contributed by atoms with E-state index in [9.17, 15) is 0 Å². The third-order valence-electron chi connectivity index (χ3n) is 1.53. The first kappa shape index (κ1) is 8.01. The highest BCUT2D eigenvalue weighted by Gasteiger charge is 1.96. The molecular weight excluding hydrogens is 236 g/mol. The van der Waals surface area contributed by atoms with Gasteiger partial charge in [-0.05, 0) is 38.3 Å². The van der Waals surface area contributed by atoms with E-state index in [2.05, 4.69) is 37.9 Å². The molecule has 2 heterocycles. The average Bonchev–Trinajstić information content (AvgIpc) is 2.63. The van der Waals surface area contributed by atoms with Crippen LogP contribution in [0.1, 0.15) is 5.56 Å². The normalized spacial score (nSPS) is 10.4. The zero-order valence-corrected chi connectivity index (χ0v) is 8.68. The quantitative estimate of drug-likeness (QED) is 0.792. The summed E-state index contributed by atoms with van der Waals surface area (Å²) in [4.78, 5) is 0. The summed E-state index contributed by atoms with van der Waals surface area (Å²) in [7, 11) is 0. The summed E-state index contributed by atoms with van der Waals surface area (Å²) in [5.41, 5.74) is 1.30. The van der Waals surface area contributed by atoms with Crippen LogP contribution in [0.3, 0.4) is 0 Å². The van der Waals surface area contributed by atoms with Crippen LogP contribution >= 0.6 is 27.3 Å². The Kier molecular flexibility index (Phi) is 2.28. The van der Waals surface area contributed by atoms with E-state index in [1.165, 1.54) is 5.56 Å². The molecule has 2 aromatic heterocycles. The Labute approximate surface area is 83.0 Å². The second-order valence-corrected chi connectivity index (χ2v) is 4.18. The standard InChI is InChI=1S/C8H7BrN2S/c9-8-3-10-11(5-8)4-7-1-2-12-6-7/h1-3,5-6H,4H2. The lowest BCUT2D eigenvalue weighted by atomic mass is 10.3. The molecule has 0 aliphatic rings. The molecule has 0 aliphatic heterocycles. The highest BCUT2D eigenvalue weighted by molar-refractivity contribution is 9.10. The van der Waals surface area contributed by atoms with Crippen molar-refractivity contribution in [2.75, 3.05) is 0 Å². The smallest absolute Gasteiger partial charge is 0.0667 e. The molecule has 0 atom stereocenters. The molecule has 2 nitrogen and oxygen atoms in total. The van der Waals surface area contributed by atoms with Gasteiger partial charge in [0.15, 0.2) is 0 Å². The minimum absolute atomic E-state index is 0.856. The maximum absolute atomic E-state index is 4.17. The summed E-state index contributed by atoms with van der Waals surface area (Å²) in [6.45, 7) is 0.856. The van der Waals surface area contributed by atoms with Crippen molar-refractivity contribution in [2.45, 2.75) is 6.54 Å². The molecule has 0 aromatic carbocycles. The number of hydrogen-bond donors (Lipinski definition) is 0. The average molecular weight is 243 g/mol. The molecule has 0 aliphatic carbocycles. The fourth-order valence-electron chi connectivity index (χ4n) is 0.994. The van der Waals surface area contributed by atoms with Crippen molar-refractivity contribution >= 4 is 27.3 Å². The van der Waals surface area contributed by atoms with Crippen LogP contribution in [-0.2, 0) is 6.54 Å². The molecule has 0 spiro atoms. The summed E-state index contributed by atoms with van der Waals surface area (Å²) in [5, 5.41) is 8.38. The second kappa shape index (κ2) is 3.41. The van der Waals surface area contributed by atoms with Crippen molar-refractivity contribution in [2.24, 2.45) is 0 Å². The van der Waals surface area contributed by atoms with Gasteiger partial charge in [0.2, 0.25) is 0 Å². The second-order valence-electron chi connectivity index (χ2n) is 2.49. The van der Waals surface area contributed by atoms with Gasteiger partial charge in [-0.1, -0.05) is 0 Å². The predicted octanol–water partition coefficient (Wildman–Crippen LogP) is 2.76. The lowest BCUT2D eigenvalue weighted by Gasteiger charge is -1.96. The lowest BCUT2D eigenvalue weighted by molar-refractivity contribution is 0.688. The Balaban J connectivity index is 2.14. The van der Waals surface area contributed by atoms with E-state index in [0.29, 0.717) is 0 Å². The van der Waals surface area contributed by atoms with Gasteiger partial charge in [-0.2, -0.15) is 16.4 Å². The maximum atomic E-state index is 4.17. The van der Waals surface area contributed by atoms with E-state index in [1.54, 1.807) is 17.5 Å². The number of nitrogens with zero attached hydrogens (tertiary/aromatic N) is 2. The highest BCUT2D eigenvalue weighted by atomic mass is 79.9. The summed E-state index contributed by atoms with van der Waals surface area (Å²) >= 11 is 5.07. The highest BCUT2D eigenvalue weighted by Crippen LogP contribution is 2.10. The molecule has 0 radical (unpaired) electrons. The van der Waals surface area contributed by atoms with E-state index in [0.717, 1.165) is 11.0 Å². The largest absolute Gasteiger partial charge is 0.267 e. The third kappa shape index (κ3) is 1.76. The minimum Gasteiger partial charge on any atom is -0.267 e. The zero-order valence-electron chi connectivity index (χ0n) is 6.27. The first-order chi connectivity index (χ1) is 5.84. The van der Waals surface area contributed by atoms with Crippen molar-refractivity contribution in [3.63, 3.8) is 0 Å². The van der Waals surface area contributed by atoms with E-state index < -0.39 is 0 Å². The van der Waals surface area contributed by atoms with E-state index in [-0.39, 0.29) is 0 Å². The Hall–Kier alpha value is -0.610. The maximum Gasteiger partial charge on any atom is 0.0667 e. The SMILES string of the molecule is Brc1cnn(Cc2ccsc2)c1. The monoisotopic (exact) mass is 242 g/mol. The van der Waals surface area contributed by atoms with Crippen LogP contribution in [-0.4, -0.2) is 9.78 Å². The molecule has 0 amide bonds. The Morgan fingerprint density at radius 1 is 1.58 bits per heavy atom. The Morgan fingerprint density at radius 3 is 3.08 bits per heavy atom. The van der Waals surface area contributed by atoms with Gasteiger partial charge >= 0.3 is 0 Å². The van der Waals surface area contributed by atoms with E-state index in [1.807, 2.05) is 10.9 Å². The third-order valence-corrected chi connectivity index (χ3v) is 2.67. The summed E-state index contributed by atoms with van der Waals surface area (Å²) in [6.07, 6.45) is 3.77. The lowest BCUT2D eigenvalue weighted by Crippen LogP contribution is -1.97. The fourth-order valence-corrected chi connectivity index (χ4v) is 1.98. The van der Waals surface area contributed by atoms with Crippen LogP contribution in [0, 0.1) is 0 Å². The van der Waals surface area contributed by atoms with Crippen LogP contribution < -0.4 is 0 Å². The summed E-state index contributed by atoms with van der Waals surface area (Å²) < 4.78 is 2.93. The molecule has 2 rings (SSSR count). The van der Waals surface area contributed by atoms with Crippen molar-refractivity contribution < 1.29 is 0 Å². The van der Waals surface area contributed by atoms with Crippen molar-refractivity contribution in [1.29, 1.82) is 0 Å². The topological polar surface area (TPSA) is 17.8 Å². The van der Waals surface area contributed by atoms with Crippen LogP contribution in [0.25, 0.3) is 0 Å². The van der Waals surface area contributed by atoms with Crippen LogP contribution in [0.15, 0.2) is 33.7 Å². The van der Waals surface area contributed by atoms with Gasteiger partial charge in [0.1, 0.15) is 0 Å². The van der Waals surface area contributed by atoms with Crippen molar-refractivity contribution in [1.82, 2.24) is 9.78 Å². The van der Waals surface area contributed by atoms with Crippen LogP contribution in [0.4, 0.5) is 0 Å². The first-order valence-electron chi connectivity index (χ1n) is 3.53. The molecular formula is C8H7BrN2S. The summed E-state index contributed by atoms with van der Waals surface area (Å²) in [5.74, 6) is 0. The molecule has 0 unspecified atom stereocenters. The zero-order chi connectivity index (χ0) is 8.39. The Morgan fingerprint density at radius 2 is 2.50 bits per heavy atom. The van der Waals surface area contributed by atoms with Crippen LogP contribution in [0.5, 0.6) is 0 Å². The van der Waals surface area contributed by atoms with Gasteiger partial charge in [0, 0.05) is 6.20 Å². The number of hydrogen-bond acceptors (Lipinski definition) is 2. The number of halogens is 1. The Bertz CT molecular complexity index is 353. The van der Waals surface area contributed by atoms with E-state index in [4.69, 9.17) is 0 Å². The first-order valence-corrected chi connectivity index (χ1v) is 5.27. The fraction of sp³-hybridized carbons (Fsp3) is 0.125. The van der Waals surface area contributed by atoms with Gasteiger partial charge in [0.25, 0.3) is 0 Å². The molecule has 62 valence electrons. The number of rotatable bonds is 2. The van der Waals surface area contributed by atoms with Crippen LogP contribution in [0.2, 0.25) is 0 Å². The molecule has 0 bridgehead atoms. The van der Waals surface area contributed by atoms with Gasteiger partial charge in [-0.25, -0.2) is 0 Å². The molecule has 12 heavy (non-hydrogen) atoms. The molecule has 0 saturated heterocycles. The van der Waals surface area contributed by atoms with Crippen molar-refractivity contribution in [3.05, 3.63) is 39.3 Å². The molecule has 0 saturated carbocycles. The predicted molar refractivity (Wildman–Crippen MR) is 53.3 cm³/mol. The molecule has 2 aromatic rings. The van der Waals surface area contributed by atoms with Gasteiger partial charge in [0.05, 0.1) is 17.2 Å². The number of aromatic nitrogens is 2. The van der Waals surface area contributed by atoms with Gasteiger partial charge in [-0.3, -0.25) is 4.68 Å².